The molecule has 0 atom stereocenters. The first-order valence-electron chi connectivity index (χ1n) is 9.40. The molecule has 0 aromatic heterocycles. The minimum Gasteiger partial charge on any atom is -0.379 e. The van der Waals surface area contributed by atoms with Crippen molar-refractivity contribution in [1.29, 1.82) is 0 Å². The lowest BCUT2D eigenvalue weighted by molar-refractivity contribution is 0.0342. The molecule has 1 fully saturated rings. The van der Waals surface area contributed by atoms with E-state index >= 15 is 0 Å². The largest absolute Gasteiger partial charge is 0.379 e. The number of aliphatic imine (C=N–C) groups is 1. The molecule has 0 aliphatic carbocycles. The predicted molar refractivity (Wildman–Crippen MR) is 116 cm³/mol. The molecule has 1 heterocycles. The highest BCUT2D eigenvalue weighted by molar-refractivity contribution is 6.35. The molecule has 28 heavy (non-hydrogen) atoms. The minimum absolute atomic E-state index is 0.578. The highest BCUT2D eigenvalue weighted by Crippen LogP contribution is 2.20. The fraction of sp³-hybridized carbons (Fsp3) is 0.381. The molecular formula is C21H26Cl2N4O. The molecule has 1 aliphatic rings. The first-order valence-corrected chi connectivity index (χ1v) is 10.2. The SMILES string of the molecule is CN=C(NCc1ccc(CN2CCOCC2)cc1)NCc1ccc(Cl)cc1Cl. The van der Waals surface area contributed by atoms with Gasteiger partial charge in [-0.05, 0) is 28.8 Å². The number of halogens is 2. The molecule has 2 N–H and O–H groups in total. The zero-order valence-corrected chi connectivity index (χ0v) is 17.6. The number of guanidine groups is 1. The van der Waals surface area contributed by atoms with Crippen molar-refractivity contribution >= 4 is 29.2 Å². The van der Waals surface area contributed by atoms with Crippen LogP contribution in [0.2, 0.25) is 10.0 Å². The molecule has 5 nitrogen and oxygen atoms in total. The van der Waals surface area contributed by atoms with Gasteiger partial charge in [0.25, 0.3) is 0 Å². The average molecular weight is 421 g/mol. The van der Waals surface area contributed by atoms with E-state index in [-0.39, 0.29) is 0 Å². The van der Waals surface area contributed by atoms with Crippen LogP contribution < -0.4 is 10.6 Å². The van der Waals surface area contributed by atoms with Crippen molar-refractivity contribution in [2.45, 2.75) is 19.6 Å². The monoisotopic (exact) mass is 420 g/mol. The Hall–Kier alpha value is -1.79. The van der Waals surface area contributed by atoms with Crippen molar-refractivity contribution < 1.29 is 4.74 Å². The molecular weight excluding hydrogens is 395 g/mol. The lowest BCUT2D eigenvalue weighted by Crippen LogP contribution is -2.36. The van der Waals surface area contributed by atoms with Crippen molar-refractivity contribution in [3.8, 4) is 0 Å². The van der Waals surface area contributed by atoms with Gasteiger partial charge in [0.2, 0.25) is 0 Å². The number of hydrogen-bond acceptors (Lipinski definition) is 3. The Bertz CT molecular complexity index is 789. The fourth-order valence-corrected chi connectivity index (χ4v) is 3.51. The quantitative estimate of drug-likeness (QED) is 0.552. The van der Waals surface area contributed by atoms with Gasteiger partial charge in [0.15, 0.2) is 5.96 Å². The highest BCUT2D eigenvalue weighted by Gasteiger charge is 2.10. The van der Waals surface area contributed by atoms with Gasteiger partial charge in [0.1, 0.15) is 0 Å². The van der Waals surface area contributed by atoms with Crippen LogP contribution in [0.5, 0.6) is 0 Å². The molecule has 150 valence electrons. The summed E-state index contributed by atoms with van der Waals surface area (Å²) in [6, 6.07) is 14.2. The van der Waals surface area contributed by atoms with E-state index in [1.807, 2.05) is 12.1 Å². The number of nitrogens with one attached hydrogen (secondary N) is 2. The minimum atomic E-state index is 0.578. The summed E-state index contributed by atoms with van der Waals surface area (Å²) in [4.78, 5) is 6.69. The lowest BCUT2D eigenvalue weighted by atomic mass is 10.1. The third kappa shape index (κ3) is 6.38. The maximum absolute atomic E-state index is 6.22. The lowest BCUT2D eigenvalue weighted by Gasteiger charge is -2.26. The summed E-state index contributed by atoms with van der Waals surface area (Å²) in [6.45, 7) is 5.92. The molecule has 0 saturated carbocycles. The third-order valence-electron chi connectivity index (χ3n) is 4.68. The van der Waals surface area contributed by atoms with Crippen molar-refractivity contribution in [1.82, 2.24) is 15.5 Å². The van der Waals surface area contributed by atoms with Gasteiger partial charge in [-0.25, -0.2) is 0 Å². The van der Waals surface area contributed by atoms with E-state index < -0.39 is 0 Å². The van der Waals surface area contributed by atoms with Gasteiger partial charge in [-0.3, -0.25) is 9.89 Å². The summed E-state index contributed by atoms with van der Waals surface area (Å²) in [5.74, 6) is 0.725. The molecule has 3 rings (SSSR count). The van der Waals surface area contributed by atoms with Crippen LogP contribution in [0.1, 0.15) is 16.7 Å². The molecule has 7 heteroatoms. The van der Waals surface area contributed by atoms with Crippen molar-refractivity contribution in [3.63, 3.8) is 0 Å². The summed E-state index contributed by atoms with van der Waals surface area (Å²) in [5.41, 5.74) is 3.50. The summed E-state index contributed by atoms with van der Waals surface area (Å²) in [5, 5.41) is 7.88. The molecule has 0 spiro atoms. The van der Waals surface area contributed by atoms with Gasteiger partial charge in [-0.15, -0.1) is 0 Å². The Morgan fingerprint density at radius 1 is 1.00 bits per heavy atom. The van der Waals surface area contributed by atoms with Gasteiger partial charge in [-0.2, -0.15) is 0 Å². The van der Waals surface area contributed by atoms with Gasteiger partial charge in [0.05, 0.1) is 13.2 Å². The smallest absolute Gasteiger partial charge is 0.191 e. The van der Waals surface area contributed by atoms with E-state index in [0.717, 1.165) is 44.4 Å². The molecule has 0 bridgehead atoms. The summed E-state index contributed by atoms with van der Waals surface area (Å²) in [7, 11) is 1.75. The zero-order chi connectivity index (χ0) is 19.8. The van der Waals surface area contributed by atoms with E-state index in [4.69, 9.17) is 27.9 Å². The van der Waals surface area contributed by atoms with Crippen LogP contribution in [0.15, 0.2) is 47.5 Å². The number of rotatable bonds is 6. The molecule has 1 saturated heterocycles. The maximum Gasteiger partial charge on any atom is 0.191 e. The van der Waals surface area contributed by atoms with Crippen LogP contribution in [0, 0.1) is 0 Å². The first-order chi connectivity index (χ1) is 13.6. The average Bonchev–Trinajstić information content (AvgIpc) is 2.71. The second-order valence-electron chi connectivity index (χ2n) is 6.72. The van der Waals surface area contributed by atoms with Crippen LogP contribution in [0.3, 0.4) is 0 Å². The second kappa shape index (κ2) is 10.7. The molecule has 1 aliphatic heterocycles. The van der Waals surface area contributed by atoms with Crippen LogP contribution in [0.4, 0.5) is 0 Å². The summed E-state index contributed by atoms with van der Waals surface area (Å²) in [6.07, 6.45) is 0. The van der Waals surface area contributed by atoms with Gasteiger partial charge < -0.3 is 15.4 Å². The standard InChI is InChI=1S/C21H26Cl2N4O/c1-24-21(26-14-18-6-7-19(22)12-20(18)23)25-13-16-2-4-17(5-3-16)15-27-8-10-28-11-9-27/h2-7,12H,8-11,13-15H2,1H3,(H2,24,25,26). The first kappa shape index (κ1) is 20.9. The van der Waals surface area contributed by atoms with E-state index in [0.29, 0.717) is 23.1 Å². The van der Waals surface area contributed by atoms with Crippen LogP contribution in [-0.4, -0.2) is 44.2 Å². The normalized spacial score (nSPS) is 15.5. The summed E-state index contributed by atoms with van der Waals surface area (Å²) >= 11 is 12.2. The Morgan fingerprint density at radius 3 is 2.36 bits per heavy atom. The van der Waals surface area contributed by atoms with Crippen molar-refractivity contribution in [3.05, 3.63) is 69.2 Å². The van der Waals surface area contributed by atoms with Gasteiger partial charge in [0, 0.05) is 49.8 Å². The number of benzene rings is 2. The Morgan fingerprint density at radius 2 is 1.68 bits per heavy atom. The second-order valence-corrected chi connectivity index (χ2v) is 7.56. The Kier molecular flexibility index (Phi) is 7.98. The van der Waals surface area contributed by atoms with E-state index in [2.05, 4.69) is 44.8 Å². The zero-order valence-electron chi connectivity index (χ0n) is 16.0. The number of hydrogen-bond donors (Lipinski definition) is 2. The maximum atomic E-state index is 6.22. The number of morpholine rings is 1. The van der Waals surface area contributed by atoms with Crippen molar-refractivity contribution in [2.24, 2.45) is 4.99 Å². The summed E-state index contributed by atoms with van der Waals surface area (Å²) < 4.78 is 5.40. The van der Waals surface area contributed by atoms with E-state index in [9.17, 15) is 0 Å². The predicted octanol–water partition coefficient (Wildman–Crippen LogP) is 3.69. The molecule has 0 radical (unpaired) electrons. The van der Waals surface area contributed by atoms with Gasteiger partial charge >= 0.3 is 0 Å². The topological polar surface area (TPSA) is 48.9 Å². The Balaban J connectivity index is 1.46. The highest BCUT2D eigenvalue weighted by atomic mass is 35.5. The molecule has 2 aromatic carbocycles. The molecule has 2 aromatic rings. The fourth-order valence-electron chi connectivity index (χ4n) is 3.03. The number of ether oxygens (including phenoxy) is 1. The van der Waals surface area contributed by atoms with Crippen molar-refractivity contribution in [2.75, 3.05) is 33.4 Å². The Labute approximate surface area is 176 Å². The van der Waals surface area contributed by atoms with E-state index in [1.165, 1.54) is 11.1 Å². The van der Waals surface area contributed by atoms with Crippen LogP contribution in [-0.2, 0) is 24.4 Å². The molecule has 0 amide bonds. The third-order valence-corrected chi connectivity index (χ3v) is 5.26. The van der Waals surface area contributed by atoms with E-state index in [1.54, 1.807) is 13.1 Å². The molecule has 0 unspecified atom stereocenters. The van der Waals surface area contributed by atoms with Crippen LogP contribution >= 0.6 is 23.2 Å². The van der Waals surface area contributed by atoms with Crippen LogP contribution in [0.25, 0.3) is 0 Å². The van der Waals surface area contributed by atoms with Gasteiger partial charge in [-0.1, -0.05) is 53.5 Å². The number of nitrogens with zero attached hydrogens (tertiary/aromatic N) is 2.